The Balaban J connectivity index is 1.82. The van der Waals surface area contributed by atoms with Crippen molar-refractivity contribution in [3.05, 3.63) is 75.6 Å². The Hall–Kier alpha value is -2.85. The van der Waals surface area contributed by atoms with Gasteiger partial charge in [-0.05, 0) is 42.2 Å². The minimum Gasteiger partial charge on any atom is -0.456 e. The van der Waals surface area contributed by atoms with Crippen molar-refractivity contribution in [3.8, 4) is 0 Å². The number of rotatable bonds is 3. The molecule has 0 fully saturated rings. The first-order valence-corrected chi connectivity index (χ1v) is 8.91. The number of fused-ring (bicyclic) bond motifs is 2. The third-order valence-electron chi connectivity index (χ3n) is 4.47. The minimum absolute atomic E-state index is 0.00654. The van der Waals surface area contributed by atoms with Gasteiger partial charge < -0.3 is 9.73 Å². The summed E-state index contributed by atoms with van der Waals surface area (Å²) in [5, 5.41) is 3.20. The minimum atomic E-state index is -0.306. The largest absolute Gasteiger partial charge is 0.456 e. The van der Waals surface area contributed by atoms with Gasteiger partial charge in [0.2, 0.25) is 5.91 Å². The molecule has 1 aliphatic rings. The van der Waals surface area contributed by atoms with Crippen LogP contribution in [-0.4, -0.2) is 11.8 Å². The molecule has 4 nitrogen and oxygen atoms in total. The van der Waals surface area contributed by atoms with E-state index < -0.39 is 0 Å². The van der Waals surface area contributed by atoms with E-state index in [1.165, 1.54) is 0 Å². The lowest BCUT2D eigenvalue weighted by atomic mass is 10.1. The summed E-state index contributed by atoms with van der Waals surface area (Å²) in [4.78, 5) is 24.3. The molecular formula is C21H16ClNO3. The Morgan fingerprint density at radius 3 is 2.73 bits per heavy atom. The number of halogens is 1. The molecule has 130 valence electrons. The number of carbonyl (C=O) groups excluding carboxylic acids is 1. The quantitative estimate of drug-likeness (QED) is 0.697. The predicted molar refractivity (Wildman–Crippen MR) is 104 cm³/mol. The van der Waals surface area contributed by atoms with Gasteiger partial charge in [0.25, 0.3) is 0 Å². The van der Waals surface area contributed by atoms with Gasteiger partial charge in [-0.3, -0.25) is 9.59 Å². The third-order valence-corrected chi connectivity index (χ3v) is 4.71. The van der Waals surface area contributed by atoms with Crippen molar-refractivity contribution >= 4 is 45.8 Å². The number of carbonyl (C=O) groups is 1. The highest BCUT2D eigenvalue weighted by Crippen LogP contribution is 2.34. The zero-order valence-electron chi connectivity index (χ0n) is 13.9. The molecule has 1 heterocycles. The SMILES string of the molecule is O=C(CCl)Nc1ccc2c(=O)c3c(oc2c1)C(=Cc1ccccc1)CC3. The predicted octanol–water partition coefficient (Wildman–Crippen LogP) is 4.46. The summed E-state index contributed by atoms with van der Waals surface area (Å²) in [5.74, 6) is 0.210. The highest BCUT2D eigenvalue weighted by Gasteiger charge is 2.24. The average Bonchev–Trinajstić information content (AvgIpc) is 3.05. The normalized spacial score (nSPS) is 14.6. The summed E-state index contributed by atoms with van der Waals surface area (Å²) in [5.41, 5.74) is 3.81. The fourth-order valence-electron chi connectivity index (χ4n) is 3.25. The first-order valence-electron chi connectivity index (χ1n) is 8.37. The van der Waals surface area contributed by atoms with Gasteiger partial charge in [0.15, 0.2) is 5.43 Å². The molecule has 1 N–H and O–H groups in total. The van der Waals surface area contributed by atoms with Gasteiger partial charge in [-0.15, -0.1) is 11.6 Å². The molecule has 1 aliphatic carbocycles. The van der Waals surface area contributed by atoms with E-state index in [4.69, 9.17) is 16.0 Å². The fraction of sp³-hybridized carbons (Fsp3) is 0.143. The van der Waals surface area contributed by atoms with Crippen molar-refractivity contribution in [2.75, 3.05) is 11.2 Å². The van der Waals surface area contributed by atoms with Crippen molar-refractivity contribution in [1.82, 2.24) is 0 Å². The standard InChI is InChI=1S/C21H16ClNO3/c22-12-19(24)23-15-7-9-16-18(11-15)26-21-14(6-8-17(21)20(16)25)10-13-4-2-1-3-5-13/h1-5,7,9-11H,6,8,12H2,(H,23,24). The van der Waals surface area contributed by atoms with E-state index >= 15 is 0 Å². The van der Waals surface area contributed by atoms with Gasteiger partial charge in [0, 0.05) is 17.3 Å². The van der Waals surface area contributed by atoms with Crippen LogP contribution in [0.2, 0.25) is 0 Å². The summed E-state index contributed by atoms with van der Waals surface area (Å²) < 4.78 is 6.07. The molecule has 0 unspecified atom stereocenters. The van der Waals surface area contributed by atoms with Gasteiger partial charge in [-0.1, -0.05) is 30.3 Å². The zero-order valence-corrected chi connectivity index (χ0v) is 14.7. The van der Waals surface area contributed by atoms with E-state index in [0.717, 1.165) is 23.1 Å². The monoisotopic (exact) mass is 365 g/mol. The van der Waals surface area contributed by atoms with Crippen LogP contribution in [0.4, 0.5) is 5.69 Å². The van der Waals surface area contributed by atoms with Gasteiger partial charge in [-0.25, -0.2) is 0 Å². The second-order valence-corrected chi connectivity index (χ2v) is 6.48. The summed E-state index contributed by atoms with van der Waals surface area (Å²) in [6.45, 7) is 0. The summed E-state index contributed by atoms with van der Waals surface area (Å²) in [6.07, 6.45) is 3.51. The Morgan fingerprint density at radius 1 is 1.15 bits per heavy atom. The summed E-state index contributed by atoms with van der Waals surface area (Å²) in [6, 6.07) is 15.0. The number of benzene rings is 2. The Kier molecular flexibility index (Phi) is 4.35. The van der Waals surface area contributed by atoms with E-state index in [0.29, 0.717) is 28.8 Å². The van der Waals surface area contributed by atoms with Crippen LogP contribution in [0, 0.1) is 0 Å². The topological polar surface area (TPSA) is 59.3 Å². The molecular weight excluding hydrogens is 350 g/mol. The lowest BCUT2D eigenvalue weighted by Crippen LogP contribution is -2.13. The second-order valence-electron chi connectivity index (χ2n) is 6.21. The molecule has 1 amide bonds. The molecule has 0 saturated heterocycles. The van der Waals surface area contributed by atoms with Gasteiger partial charge in [0.1, 0.15) is 17.2 Å². The van der Waals surface area contributed by atoms with E-state index in [9.17, 15) is 9.59 Å². The maximum atomic E-state index is 12.8. The van der Waals surface area contributed by atoms with E-state index in [-0.39, 0.29) is 17.2 Å². The number of hydrogen-bond acceptors (Lipinski definition) is 3. The molecule has 4 rings (SSSR count). The van der Waals surface area contributed by atoms with Crippen LogP contribution in [-0.2, 0) is 11.2 Å². The van der Waals surface area contributed by atoms with Crippen LogP contribution >= 0.6 is 11.6 Å². The number of anilines is 1. The van der Waals surface area contributed by atoms with E-state index in [1.807, 2.05) is 30.3 Å². The molecule has 26 heavy (non-hydrogen) atoms. The maximum absolute atomic E-state index is 12.8. The number of hydrogen-bond donors (Lipinski definition) is 1. The van der Waals surface area contributed by atoms with Gasteiger partial charge >= 0.3 is 0 Å². The van der Waals surface area contributed by atoms with Crippen LogP contribution in [0.3, 0.4) is 0 Å². The molecule has 0 aliphatic heterocycles. The lowest BCUT2D eigenvalue weighted by molar-refractivity contribution is -0.113. The highest BCUT2D eigenvalue weighted by atomic mass is 35.5. The number of alkyl halides is 1. The Labute approximate surface area is 155 Å². The maximum Gasteiger partial charge on any atom is 0.239 e. The summed E-state index contributed by atoms with van der Waals surface area (Å²) >= 11 is 5.53. The first-order chi connectivity index (χ1) is 12.7. The molecule has 1 aromatic heterocycles. The van der Waals surface area contributed by atoms with Crippen LogP contribution in [0.1, 0.15) is 23.3 Å². The zero-order chi connectivity index (χ0) is 18.1. The molecule has 0 bridgehead atoms. The molecule has 0 radical (unpaired) electrons. The lowest BCUT2D eigenvalue weighted by Gasteiger charge is -2.07. The Bertz CT molecular complexity index is 1080. The molecule has 0 saturated carbocycles. The molecule has 3 aromatic rings. The second kappa shape index (κ2) is 6.81. The van der Waals surface area contributed by atoms with Crippen LogP contribution in [0.15, 0.2) is 57.7 Å². The number of nitrogens with one attached hydrogen (secondary N) is 1. The molecule has 0 atom stereocenters. The average molecular weight is 366 g/mol. The van der Waals surface area contributed by atoms with Crippen LogP contribution in [0.5, 0.6) is 0 Å². The molecule has 2 aromatic carbocycles. The number of amides is 1. The number of allylic oxidation sites excluding steroid dienone is 1. The van der Waals surface area contributed by atoms with Crippen molar-refractivity contribution in [2.45, 2.75) is 12.8 Å². The van der Waals surface area contributed by atoms with E-state index in [1.54, 1.807) is 18.2 Å². The highest BCUT2D eigenvalue weighted by molar-refractivity contribution is 6.29. The molecule has 5 heteroatoms. The van der Waals surface area contributed by atoms with Crippen LogP contribution in [0.25, 0.3) is 22.6 Å². The van der Waals surface area contributed by atoms with Crippen molar-refractivity contribution in [2.24, 2.45) is 0 Å². The summed E-state index contributed by atoms with van der Waals surface area (Å²) in [7, 11) is 0. The smallest absolute Gasteiger partial charge is 0.239 e. The molecule has 0 spiro atoms. The van der Waals surface area contributed by atoms with Crippen molar-refractivity contribution in [3.63, 3.8) is 0 Å². The Morgan fingerprint density at radius 2 is 1.96 bits per heavy atom. The first kappa shape index (κ1) is 16.6. The fourth-order valence-corrected chi connectivity index (χ4v) is 3.32. The van der Waals surface area contributed by atoms with Gasteiger partial charge in [-0.2, -0.15) is 0 Å². The van der Waals surface area contributed by atoms with E-state index in [2.05, 4.69) is 11.4 Å². The van der Waals surface area contributed by atoms with Gasteiger partial charge in [0.05, 0.1) is 5.39 Å². The third kappa shape index (κ3) is 3.04. The van der Waals surface area contributed by atoms with Crippen LogP contribution < -0.4 is 10.7 Å². The van der Waals surface area contributed by atoms with Crippen molar-refractivity contribution in [1.29, 1.82) is 0 Å². The van der Waals surface area contributed by atoms with Crippen molar-refractivity contribution < 1.29 is 9.21 Å².